The van der Waals surface area contributed by atoms with Gasteiger partial charge in [-0.1, -0.05) is 23.8 Å². The number of benzene rings is 1. The predicted molar refractivity (Wildman–Crippen MR) is 120 cm³/mol. The number of nitrogens with zero attached hydrogens (tertiary/aromatic N) is 4. The SMILES string of the molecule is Cc1cc(C)c(NC(=O)CN(C)CC(=O)N2CCN(c3ccccn3)CC2)c(C)c1. The Hall–Kier alpha value is -2.93. The van der Waals surface area contributed by atoms with Crippen molar-refractivity contribution in [3.8, 4) is 0 Å². The average Bonchev–Trinajstić information content (AvgIpc) is 2.71. The van der Waals surface area contributed by atoms with Gasteiger partial charge in [0.05, 0.1) is 13.1 Å². The Labute approximate surface area is 178 Å². The summed E-state index contributed by atoms with van der Waals surface area (Å²) in [6.07, 6.45) is 1.78. The Morgan fingerprint density at radius 1 is 1.03 bits per heavy atom. The fourth-order valence-corrected chi connectivity index (χ4v) is 3.91. The zero-order valence-corrected chi connectivity index (χ0v) is 18.3. The average molecular weight is 410 g/mol. The molecule has 160 valence electrons. The minimum Gasteiger partial charge on any atom is -0.353 e. The summed E-state index contributed by atoms with van der Waals surface area (Å²) < 4.78 is 0. The maximum absolute atomic E-state index is 12.7. The normalized spacial score (nSPS) is 14.2. The molecule has 1 aromatic carbocycles. The van der Waals surface area contributed by atoms with E-state index in [4.69, 9.17) is 0 Å². The lowest BCUT2D eigenvalue weighted by molar-refractivity contribution is -0.132. The van der Waals surface area contributed by atoms with Crippen LogP contribution in [0.4, 0.5) is 11.5 Å². The smallest absolute Gasteiger partial charge is 0.238 e. The third kappa shape index (κ3) is 5.57. The van der Waals surface area contributed by atoms with Gasteiger partial charge in [0.1, 0.15) is 5.82 Å². The predicted octanol–water partition coefficient (Wildman–Crippen LogP) is 2.23. The molecule has 1 fully saturated rings. The molecule has 0 aliphatic carbocycles. The number of carbonyl (C=O) groups is 2. The molecular weight excluding hydrogens is 378 g/mol. The molecule has 30 heavy (non-hydrogen) atoms. The van der Waals surface area contributed by atoms with Crippen LogP contribution in [0.2, 0.25) is 0 Å². The highest BCUT2D eigenvalue weighted by Crippen LogP contribution is 2.21. The number of pyridine rings is 1. The maximum atomic E-state index is 12.7. The molecule has 2 aromatic rings. The van der Waals surface area contributed by atoms with Crippen molar-refractivity contribution < 1.29 is 9.59 Å². The molecular formula is C23H31N5O2. The fraction of sp³-hybridized carbons (Fsp3) is 0.435. The molecule has 3 rings (SSSR count). The molecule has 7 nitrogen and oxygen atoms in total. The van der Waals surface area contributed by atoms with Gasteiger partial charge < -0.3 is 15.1 Å². The summed E-state index contributed by atoms with van der Waals surface area (Å²) in [6, 6.07) is 9.97. The van der Waals surface area contributed by atoms with Crippen LogP contribution in [-0.2, 0) is 9.59 Å². The van der Waals surface area contributed by atoms with E-state index in [1.54, 1.807) is 18.1 Å². The van der Waals surface area contributed by atoms with E-state index in [9.17, 15) is 9.59 Å². The Morgan fingerprint density at radius 2 is 1.70 bits per heavy atom. The van der Waals surface area contributed by atoms with Crippen LogP contribution in [0.5, 0.6) is 0 Å². The number of rotatable bonds is 6. The maximum Gasteiger partial charge on any atom is 0.238 e. The summed E-state index contributed by atoms with van der Waals surface area (Å²) in [5.74, 6) is 0.883. The van der Waals surface area contributed by atoms with Gasteiger partial charge in [0.25, 0.3) is 0 Å². The van der Waals surface area contributed by atoms with Crippen molar-refractivity contribution in [1.82, 2.24) is 14.8 Å². The molecule has 0 bridgehead atoms. The zero-order valence-electron chi connectivity index (χ0n) is 18.3. The second kappa shape index (κ2) is 9.71. The highest BCUT2D eigenvalue weighted by molar-refractivity contribution is 5.94. The van der Waals surface area contributed by atoms with Crippen molar-refractivity contribution in [3.63, 3.8) is 0 Å². The van der Waals surface area contributed by atoms with Gasteiger partial charge >= 0.3 is 0 Å². The first-order chi connectivity index (χ1) is 14.3. The third-order valence-corrected chi connectivity index (χ3v) is 5.37. The molecule has 1 aromatic heterocycles. The number of anilines is 2. The van der Waals surface area contributed by atoms with Crippen LogP contribution in [0.25, 0.3) is 0 Å². The molecule has 1 aliphatic heterocycles. The van der Waals surface area contributed by atoms with Gasteiger partial charge in [0.15, 0.2) is 0 Å². The van der Waals surface area contributed by atoms with Crippen molar-refractivity contribution in [2.24, 2.45) is 0 Å². The van der Waals surface area contributed by atoms with Crippen molar-refractivity contribution in [1.29, 1.82) is 0 Å². The lowest BCUT2D eigenvalue weighted by atomic mass is 10.1. The Kier molecular flexibility index (Phi) is 7.05. The van der Waals surface area contributed by atoms with E-state index in [1.807, 2.05) is 43.9 Å². The largest absolute Gasteiger partial charge is 0.353 e. The first-order valence-electron chi connectivity index (χ1n) is 10.3. The molecule has 1 N–H and O–H groups in total. The molecule has 1 aliphatic rings. The molecule has 0 atom stereocenters. The van der Waals surface area contributed by atoms with Gasteiger partial charge in [-0.2, -0.15) is 0 Å². The molecule has 2 heterocycles. The highest BCUT2D eigenvalue weighted by Gasteiger charge is 2.23. The van der Waals surface area contributed by atoms with Gasteiger partial charge in [0, 0.05) is 38.1 Å². The number of likely N-dealkylation sites (N-methyl/N-ethyl adjacent to an activating group) is 1. The van der Waals surface area contributed by atoms with Crippen LogP contribution >= 0.6 is 0 Å². The quantitative estimate of drug-likeness (QED) is 0.792. The summed E-state index contributed by atoms with van der Waals surface area (Å²) in [7, 11) is 1.80. The van der Waals surface area contributed by atoms with E-state index in [2.05, 4.69) is 27.3 Å². The minimum atomic E-state index is -0.111. The Balaban J connectivity index is 1.46. The van der Waals surface area contributed by atoms with Crippen LogP contribution in [0.15, 0.2) is 36.5 Å². The van der Waals surface area contributed by atoms with Gasteiger partial charge in [-0.05, 0) is 51.1 Å². The first-order valence-corrected chi connectivity index (χ1v) is 10.3. The van der Waals surface area contributed by atoms with Crippen molar-refractivity contribution in [3.05, 3.63) is 53.2 Å². The summed E-state index contributed by atoms with van der Waals surface area (Å²) >= 11 is 0. The highest BCUT2D eigenvalue weighted by atomic mass is 16.2. The zero-order chi connectivity index (χ0) is 21.7. The summed E-state index contributed by atoms with van der Waals surface area (Å²) in [5.41, 5.74) is 4.13. The number of amides is 2. The van der Waals surface area contributed by atoms with Gasteiger partial charge in [-0.15, -0.1) is 0 Å². The fourth-order valence-electron chi connectivity index (χ4n) is 3.91. The standard InChI is InChI=1S/C23H31N5O2/c1-17-13-18(2)23(19(3)14-17)25-21(29)15-26(4)16-22(30)28-11-9-27(10-12-28)20-7-5-6-8-24-20/h5-8,13-14H,9-12,15-16H2,1-4H3,(H,25,29). The van der Waals surface area contributed by atoms with E-state index in [0.717, 1.165) is 35.7 Å². The molecule has 0 unspecified atom stereocenters. The van der Waals surface area contributed by atoms with E-state index < -0.39 is 0 Å². The molecule has 2 amide bonds. The molecule has 0 radical (unpaired) electrons. The number of nitrogens with one attached hydrogen (secondary N) is 1. The molecule has 1 saturated heterocycles. The number of aryl methyl sites for hydroxylation is 3. The topological polar surface area (TPSA) is 68.8 Å². The Morgan fingerprint density at radius 3 is 2.30 bits per heavy atom. The molecule has 0 saturated carbocycles. The number of hydrogen-bond donors (Lipinski definition) is 1. The lowest BCUT2D eigenvalue weighted by Gasteiger charge is -2.36. The third-order valence-electron chi connectivity index (χ3n) is 5.37. The van der Waals surface area contributed by atoms with E-state index in [-0.39, 0.29) is 24.9 Å². The van der Waals surface area contributed by atoms with E-state index in [0.29, 0.717) is 13.1 Å². The number of carbonyl (C=O) groups excluding carboxylic acids is 2. The van der Waals surface area contributed by atoms with Crippen LogP contribution in [-0.4, -0.2) is 72.9 Å². The van der Waals surface area contributed by atoms with Crippen molar-refractivity contribution >= 4 is 23.3 Å². The molecule has 7 heteroatoms. The second-order valence-corrected chi connectivity index (χ2v) is 8.05. The van der Waals surface area contributed by atoms with Crippen LogP contribution in [0.1, 0.15) is 16.7 Å². The monoisotopic (exact) mass is 409 g/mol. The van der Waals surface area contributed by atoms with E-state index in [1.165, 1.54) is 5.56 Å². The van der Waals surface area contributed by atoms with Gasteiger partial charge in [-0.3, -0.25) is 14.5 Å². The Bertz CT molecular complexity index is 869. The van der Waals surface area contributed by atoms with Gasteiger partial charge in [-0.25, -0.2) is 4.98 Å². The second-order valence-electron chi connectivity index (χ2n) is 8.05. The van der Waals surface area contributed by atoms with Crippen molar-refractivity contribution in [2.75, 3.05) is 56.5 Å². The molecule has 0 spiro atoms. The van der Waals surface area contributed by atoms with E-state index >= 15 is 0 Å². The van der Waals surface area contributed by atoms with Crippen LogP contribution in [0.3, 0.4) is 0 Å². The van der Waals surface area contributed by atoms with Crippen LogP contribution in [0, 0.1) is 20.8 Å². The number of piperazine rings is 1. The van der Waals surface area contributed by atoms with Crippen LogP contribution < -0.4 is 10.2 Å². The summed E-state index contributed by atoms with van der Waals surface area (Å²) in [4.78, 5) is 35.3. The first kappa shape index (κ1) is 21.8. The lowest BCUT2D eigenvalue weighted by Crippen LogP contribution is -2.51. The van der Waals surface area contributed by atoms with Gasteiger partial charge in [0.2, 0.25) is 11.8 Å². The summed E-state index contributed by atoms with van der Waals surface area (Å²) in [6.45, 7) is 9.28. The number of hydrogen-bond acceptors (Lipinski definition) is 5. The van der Waals surface area contributed by atoms with Crippen molar-refractivity contribution in [2.45, 2.75) is 20.8 Å². The summed E-state index contributed by atoms with van der Waals surface area (Å²) in [5, 5.41) is 2.99. The minimum absolute atomic E-state index is 0.0497. The number of aromatic nitrogens is 1.